The second-order valence-electron chi connectivity index (χ2n) is 5.10. The van der Waals surface area contributed by atoms with Gasteiger partial charge in [-0.2, -0.15) is 13.2 Å². The normalized spacial score (nSPS) is 16.4. The fourth-order valence-corrected chi connectivity index (χ4v) is 2.23. The summed E-state index contributed by atoms with van der Waals surface area (Å²) in [5.41, 5.74) is -0.349. The molecule has 6 heteroatoms. The lowest BCUT2D eigenvalue weighted by atomic mass is 9.88. The summed E-state index contributed by atoms with van der Waals surface area (Å²) in [4.78, 5) is 0. The van der Waals surface area contributed by atoms with Gasteiger partial charge < -0.3 is 14.9 Å². The predicted molar refractivity (Wildman–Crippen MR) is 73.3 cm³/mol. The van der Waals surface area contributed by atoms with Crippen LogP contribution in [0.3, 0.4) is 0 Å². The molecule has 0 radical (unpaired) electrons. The quantitative estimate of drug-likeness (QED) is 0.847. The first-order valence-corrected chi connectivity index (χ1v) is 6.81. The van der Waals surface area contributed by atoms with E-state index in [1.165, 1.54) is 20.1 Å². The lowest BCUT2D eigenvalue weighted by Crippen LogP contribution is -2.25. The fraction of sp³-hybridized carbons (Fsp3) is 0.600. The molecule has 0 aromatic heterocycles. The van der Waals surface area contributed by atoms with E-state index in [0.29, 0.717) is 17.7 Å². The highest BCUT2D eigenvalue weighted by Gasteiger charge is 2.32. The molecule has 1 aromatic carbocycles. The molecule has 3 nitrogen and oxygen atoms in total. The number of hydrogen-bond acceptors (Lipinski definition) is 3. The van der Waals surface area contributed by atoms with Crippen molar-refractivity contribution in [3.63, 3.8) is 0 Å². The monoisotopic (exact) mass is 306 g/mol. The van der Waals surface area contributed by atoms with Gasteiger partial charge in [-0.25, -0.2) is 0 Å². The van der Waals surface area contributed by atoms with Crippen molar-refractivity contribution in [2.24, 2.45) is 0 Å². The molecule has 120 valence electrons. The minimum Gasteiger partial charge on any atom is -0.496 e. The van der Waals surface area contributed by atoms with Gasteiger partial charge in [0.15, 0.2) is 0 Å². The Kier molecular flexibility index (Phi) is 6.04. The van der Waals surface area contributed by atoms with Crippen LogP contribution in [0.15, 0.2) is 18.2 Å². The standard InChI is InChI=1S/C15H21F3O3/c1-4-10(7-13(20)9(2)19)12-8-11(15(16,17)18)5-6-14(12)21-3/h5-6,8-10,13,19-20H,4,7H2,1-3H3. The van der Waals surface area contributed by atoms with Gasteiger partial charge in [0.05, 0.1) is 24.9 Å². The molecule has 0 saturated carbocycles. The second-order valence-corrected chi connectivity index (χ2v) is 5.10. The Balaban J connectivity index is 3.17. The van der Waals surface area contributed by atoms with Crippen LogP contribution in [0.2, 0.25) is 0 Å². The zero-order valence-electron chi connectivity index (χ0n) is 12.3. The molecule has 0 bridgehead atoms. The molecular weight excluding hydrogens is 285 g/mol. The molecule has 0 amide bonds. The first kappa shape index (κ1) is 17.8. The summed E-state index contributed by atoms with van der Waals surface area (Å²) in [5.74, 6) is 0.0273. The Bertz CT molecular complexity index is 458. The zero-order chi connectivity index (χ0) is 16.2. The summed E-state index contributed by atoms with van der Waals surface area (Å²) in [6.45, 7) is 3.26. The van der Waals surface area contributed by atoms with Gasteiger partial charge in [-0.15, -0.1) is 0 Å². The minimum absolute atomic E-state index is 0.172. The molecule has 0 spiro atoms. The lowest BCUT2D eigenvalue weighted by molar-refractivity contribution is -0.137. The van der Waals surface area contributed by atoms with Crippen molar-refractivity contribution < 1.29 is 28.1 Å². The third-order valence-electron chi connectivity index (χ3n) is 3.57. The van der Waals surface area contributed by atoms with E-state index in [4.69, 9.17) is 4.74 Å². The van der Waals surface area contributed by atoms with E-state index in [2.05, 4.69) is 0 Å². The molecule has 3 atom stereocenters. The van der Waals surface area contributed by atoms with Crippen molar-refractivity contribution in [2.75, 3.05) is 7.11 Å². The molecule has 0 aliphatic rings. The van der Waals surface area contributed by atoms with E-state index < -0.39 is 23.9 Å². The van der Waals surface area contributed by atoms with E-state index >= 15 is 0 Å². The fourth-order valence-electron chi connectivity index (χ4n) is 2.23. The lowest BCUT2D eigenvalue weighted by Gasteiger charge is -2.23. The van der Waals surface area contributed by atoms with E-state index in [0.717, 1.165) is 12.1 Å². The second kappa shape index (κ2) is 7.13. The third kappa shape index (κ3) is 4.61. The van der Waals surface area contributed by atoms with E-state index in [-0.39, 0.29) is 12.3 Å². The minimum atomic E-state index is -4.43. The molecule has 1 aromatic rings. The summed E-state index contributed by atoms with van der Waals surface area (Å²) >= 11 is 0. The molecule has 0 heterocycles. The maximum atomic E-state index is 12.8. The Morgan fingerprint density at radius 1 is 1.24 bits per heavy atom. The number of aliphatic hydroxyl groups excluding tert-OH is 2. The Morgan fingerprint density at radius 3 is 2.29 bits per heavy atom. The first-order chi connectivity index (χ1) is 9.70. The van der Waals surface area contributed by atoms with Crippen LogP contribution >= 0.6 is 0 Å². The van der Waals surface area contributed by atoms with Gasteiger partial charge in [0.25, 0.3) is 0 Å². The number of ether oxygens (including phenoxy) is 1. The van der Waals surface area contributed by atoms with Crippen LogP contribution in [0.1, 0.15) is 43.7 Å². The summed E-state index contributed by atoms with van der Waals surface area (Å²) in [5, 5.41) is 19.1. The summed E-state index contributed by atoms with van der Waals surface area (Å²) in [6, 6.07) is 3.32. The van der Waals surface area contributed by atoms with E-state index in [1.54, 1.807) is 0 Å². The Labute approximate surface area is 122 Å². The van der Waals surface area contributed by atoms with Crippen molar-refractivity contribution >= 4 is 0 Å². The predicted octanol–water partition coefficient (Wildman–Crippen LogP) is 3.34. The Hall–Kier alpha value is -1.27. The number of benzene rings is 1. The maximum absolute atomic E-state index is 12.8. The van der Waals surface area contributed by atoms with Crippen LogP contribution in [0, 0.1) is 0 Å². The number of alkyl halides is 3. The van der Waals surface area contributed by atoms with Gasteiger partial charge in [0.1, 0.15) is 5.75 Å². The maximum Gasteiger partial charge on any atom is 0.416 e. The molecule has 21 heavy (non-hydrogen) atoms. The van der Waals surface area contributed by atoms with Gasteiger partial charge in [0, 0.05) is 0 Å². The van der Waals surface area contributed by atoms with Crippen molar-refractivity contribution in [1.82, 2.24) is 0 Å². The number of methoxy groups -OCH3 is 1. The number of hydrogen-bond donors (Lipinski definition) is 2. The number of aliphatic hydroxyl groups is 2. The van der Waals surface area contributed by atoms with Crippen LogP contribution in [0.5, 0.6) is 5.75 Å². The highest BCUT2D eigenvalue weighted by molar-refractivity contribution is 5.40. The molecule has 1 rings (SSSR count). The smallest absolute Gasteiger partial charge is 0.416 e. The highest BCUT2D eigenvalue weighted by atomic mass is 19.4. The highest BCUT2D eigenvalue weighted by Crippen LogP contribution is 2.38. The van der Waals surface area contributed by atoms with Gasteiger partial charge >= 0.3 is 6.18 Å². The van der Waals surface area contributed by atoms with E-state index in [1.807, 2.05) is 6.92 Å². The molecule has 0 aliphatic heterocycles. The van der Waals surface area contributed by atoms with Crippen LogP contribution in [-0.4, -0.2) is 29.5 Å². The van der Waals surface area contributed by atoms with Crippen LogP contribution in [-0.2, 0) is 6.18 Å². The molecular formula is C15H21F3O3. The molecule has 0 saturated heterocycles. The molecule has 0 fully saturated rings. The van der Waals surface area contributed by atoms with Crippen molar-refractivity contribution in [3.05, 3.63) is 29.3 Å². The van der Waals surface area contributed by atoms with Crippen molar-refractivity contribution in [3.8, 4) is 5.75 Å². The number of halogens is 3. The topological polar surface area (TPSA) is 49.7 Å². The molecule has 0 aliphatic carbocycles. The van der Waals surface area contributed by atoms with Gasteiger partial charge in [-0.05, 0) is 49.4 Å². The van der Waals surface area contributed by atoms with Crippen molar-refractivity contribution in [2.45, 2.75) is 51.0 Å². The largest absolute Gasteiger partial charge is 0.496 e. The van der Waals surface area contributed by atoms with Gasteiger partial charge in [0.2, 0.25) is 0 Å². The van der Waals surface area contributed by atoms with Gasteiger partial charge in [-0.3, -0.25) is 0 Å². The van der Waals surface area contributed by atoms with Crippen LogP contribution in [0.4, 0.5) is 13.2 Å². The molecule has 3 unspecified atom stereocenters. The SMILES string of the molecule is CCC(CC(O)C(C)O)c1cc(C(F)(F)F)ccc1OC. The van der Waals surface area contributed by atoms with Crippen molar-refractivity contribution in [1.29, 1.82) is 0 Å². The van der Waals surface area contributed by atoms with Gasteiger partial charge in [-0.1, -0.05) is 6.92 Å². The van der Waals surface area contributed by atoms with Crippen LogP contribution in [0.25, 0.3) is 0 Å². The molecule has 2 N–H and O–H groups in total. The average Bonchev–Trinajstić information content (AvgIpc) is 2.42. The van der Waals surface area contributed by atoms with E-state index in [9.17, 15) is 23.4 Å². The summed E-state index contributed by atoms with van der Waals surface area (Å²) < 4.78 is 43.6. The average molecular weight is 306 g/mol. The summed E-state index contributed by atoms with van der Waals surface area (Å²) in [6.07, 6.45) is -5.65. The number of rotatable bonds is 6. The third-order valence-corrected chi connectivity index (χ3v) is 3.57. The summed E-state index contributed by atoms with van der Waals surface area (Å²) in [7, 11) is 1.39. The zero-order valence-corrected chi connectivity index (χ0v) is 12.3. The van der Waals surface area contributed by atoms with Crippen LogP contribution < -0.4 is 4.74 Å². The Morgan fingerprint density at radius 2 is 1.86 bits per heavy atom. The first-order valence-electron chi connectivity index (χ1n) is 6.81.